The summed E-state index contributed by atoms with van der Waals surface area (Å²) < 4.78 is 47.5. The third kappa shape index (κ3) is 6.59. The highest BCUT2D eigenvalue weighted by atomic mass is 32.1. The summed E-state index contributed by atoms with van der Waals surface area (Å²) in [5, 5.41) is 3.00. The number of rotatable bonds is 6. The van der Waals surface area contributed by atoms with Crippen LogP contribution in [0.15, 0.2) is 0 Å². The van der Waals surface area contributed by atoms with Crippen molar-refractivity contribution in [1.82, 2.24) is 15.2 Å². The van der Waals surface area contributed by atoms with Crippen molar-refractivity contribution in [2.75, 3.05) is 32.8 Å². The van der Waals surface area contributed by atoms with Crippen molar-refractivity contribution in [2.45, 2.75) is 57.3 Å². The molecule has 0 aromatic carbocycles. The highest BCUT2D eigenvalue weighted by Gasteiger charge is 2.30. The van der Waals surface area contributed by atoms with E-state index in [0.717, 1.165) is 62.3 Å². The molecule has 1 aromatic heterocycles. The van der Waals surface area contributed by atoms with Gasteiger partial charge in [-0.3, -0.25) is 4.79 Å². The van der Waals surface area contributed by atoms with E-state index in [-0.39, 0.29) is 23.2 Å². The summed E-state index contributed by atoms with van der Waals surface area (Å²) >= 11 is 1.22. The van der Waals surface area contributed by atoms with Crippen LogP contribution in [0.3, 0.4) is 0 Å². The van der Waals surface area contributed by atoms with Crippen LogP contribution in [0.2, 0.25) is 0 Å². The van der Waals surface area contributed by atoms with Gasteiger partial charge in [0, 0.05) is 37.9 Å². The van der Waals surface area contributed by atoms with Gasteiger partial charge in [0.25, 0.3) is 5.19 Å². The van der Waals surface area contributed by atoms with Crippen molar-refractivity contribution < 1.29 is 27.4 Å². The van der Waals surface area contributed by atoms with Gasteiger partial charge in [-0.25, -0.2) is 4.98 Å². The van der Waals surface area contributed by atoms with Crippen LogP contribution < -0.4 is 10.1 Å². The second kappa shape index (κ2) is 9.41. The fourth-order valence-electron chi connectivity index (χ4n) is 3.58. The summed E-state index contributed by atoms with van der Waals surface area (Å²) in [6, 6.07) is 0.114. The quantitative estimate of drug-likeness (QED) is 0.765. The van der Waals surface area contributed by atoms with Crippen LogP contribution in [0.1, 0.15) is 36.8 Å². The third-order valence-corrected chi connectivity index (χ3v) is 6.05. The molecule has 0 aliphatic carbocycles. The molecule has 158 valence electrons. The molecule has 1 saturated heterocycles. The zero-order valence-corrected chi connectivity index (χ0v) is 16.7. The van der Waals surface area contributed by atoms with Crippen LogP contribution in [-0.2, 0) is 22.4 Å². The molecule has 0 bridgehead atoms. The molecule has 0 radical (unpaired) electrons. The van der Waals surface area contributed by atoms with Gasteiger partial charge in [-0.2, -0.15) is 13.2 Å². The fourth-order valence-corrected chi connectivity index (χ4v) is 4.52. The van der Waals surface area contributed by atoms with Crippen molar-refractivity contribution in [2.24, 2.45) is 0 Å². The van der Waals surface area contributed by atoms with Gasteiger partial charge < -0.3 is 19.7 Å². The molecule has 2 atom stereocenters. The molecule has 1 amide bonds. The number of alkyl halides is 3. The summed E-state index contributed by atoms with van der Waals surface area (Å²) in [5.41, 5.74) is 0.858. The molecule has 0 spiro atoms. The summed E-state index contributed by atoms with van der Waals surface area (Å²) in [4.78, 5) is 18.7. The number of amides is 1. The summed E-state index contributed by atoms with van der Waals surface area (Å²) in [6.07, 6.45) is 0.176. The Morgan fingerprint density at radius 2 is 2.14 bits per heavy atom. The smallest absolute Gasteiger partial charge is 0.422 e. The normalized spacial score (nSPS) is 23.7. The van der Waals surface area contributed by atoms with E-state index in [1.165, 1.54) is 18.3 Å². The number of halogens is 3. The van der Waals surface area contributed by atoms with Crippen molar-refractivity contribution in [1.29, 1.82) is 0 Å². The molecule has 1 N–H and O–H groups in total. The molecular formula is C18H26F3N3O3S. The first-order chi connectivity index (χ1) is 13.3. The standard InChI is InChI=1S/C18H26F3N3O3S/c1-12(25)22-13-2-3-14(26-10-13)4-7-24-8-5-15-16(6-9-24)28-17(23-15)27-11-18(19,20)21/h13-14H,2-11H2,1H3,(H,22,25)/t13-,14?/m0/s1. The molecule has 10 heteroatoms. The van der Waals surface area contributed by atoms with Gasteiger partial charge in [0.2, 0.25) is 5.91 Å². The molecule has 6 nitrogen and oxygen atoms in total. The number of ether oxygens (including phenoxy) is 2. The predicted molar refractivity (Wildman–Crippen MR) is 98.7 cm³/mol. The SMILES string of the molecule is CC(=O)N[C@H]1CCC(CCN2CCc3nc(OCC(F)(F)F)sc3CC2)OC1. The highest BCUT2D eigenvalue weighted by molar-refractivity contribution is 7.13. The molecule has 1 aromatic rings. The molecule has 3 heterocycles. The van der Waals surface area contributed by atoms with Crippen molar-refractivity contribution in [3.05, 3.63) is 10.6 Å². The number of thiazole rings is 1. The maximum atomic E-state index is 12.3. The van der Waals surface area contributed by atoms with Crippen molar-refractivity contribution in [3.63, 3.8) is 0 Å². The number of fused-ring (bicyclic) bond motifs is 1. The Morgan fingerprint density at radius 1 is 1.36 bits per heavy atom. The Balaban J connectivity index is 1.39. The molecule has 28 heavy (non-hydrogen) atoms. The van der Waals surface area contributed by atoms with E-state index < -0.39 is 12.8 Å². The Labute approximate surface area is 166 Å². The number of carbonyl (C=O) groups is 1. The first-order valence-electron chi connectivity index (χ1n) is 9.57. The van der Waals surface area contributed by atoms with Gasteiger partial charge in [0.1, 0.15) is 0 Å². The average molecular weight is 421 g/mol. The number of carbonyl (C=O) groups excluding carboxylic acids is 1. The minimum Gasteiger partial charge on any atom is -0.460 e. The number of nitrogens with zero attached hydrogens (tertiary/aromatic N) is 2. The lowest BCUT2D eigenvalue weighted by Gasteiger charge is -2.31. The van der Waals surface area contributed by atoms with Gasteiger partial charge in [0.05, 0.1) is 24.4 Å². The molecule has 2 aliphatic heterocycles. The summed E-state index contributed by atoms with van der Waals surface area (Å²) in [5.74, 6) is -0.0235. The van der Waals surface area contributed by atoms with Gasteiger partial charge in [-0.15, -0.1) is 0 Å². The van der Waals surface area contributed by atoms with Crippen LogP contribution in [0.25, 0.3) is 0 Å². The Morgan fingerprint density at radius 3 is 2.82 bits per heavy atom. The molecule has 1 unspecified atom stereocenters. The van der Waals surface area contributed by atoms with Gasteiger partial charge >= 0.3 is 6.18 Å². The Hall–Kier alpha value is -1.39. The van der Waals surface area contributed by atoms with Crippen LogP contribution in [0, 0.1) is 0 Å². The lowest BCUT2D eigenvalue weighted by molar-refractivity contribution is -0.153. The van der Waals surface area contributed by atoms with E-state index in [1.807, 2.05) is 0 Å². The largest absolute Gasteiger partial charge is 0.460 e. The van der Waals surface area contributed by atoms with Gasteiger partial charge in [-0.1, -0.05) is 11.3 Å². The maximum Gasteiger partial charge on any atom is 0.422 e. The number of aromatic nitrogens is 1. The van der Waals surface area contributed by atoms with E-state index >= 15 is 0 Å². The van der Waals surface area contributed by atoms with E-state index in [0.29, 0.717) is 6.61 Å². The summed E-state index contributed by atoms with van der Waals surface area (Å²) in [6.45, 7) is 3.39. The van der Waals surface area contributed by atoms with Crippen molar-refractivity contribution >= 4 is 17.2 Å². The first-order valence-corrected chi connectivity index (χ1v) is 10.4. The second-order valence-electron chi connectivity index (χ2n) is 7.31. The van der Waals surface area contributed by atoms with Crippen molar-refractivity contribution in [3.8, 4) is 5.19 Å². The molecule has 0 saturated carbocycles. The van der Waals surface area contributed by atoms with E-state index in [1.54, 1.807) is 0 Å². The topological polar surface area (TPSA) is 63.7 Å². The lowest BCUT2D eigenvalue weighted by atomic mass is 10.0. The number of nitrogens with one attached hydrogen (secondary N) is 1. The van der Waals surface area contributed by atoms with E-state index in [2.05, 4.69) is 15.2 Å². The van der Waals surface area contributed by atoms with Crippen LogP contribution >= 0.6 is 11.3 Å². The molecule has 3 rings (SSSR count). The first kappa shape index (κ1) is 21.3. The monoisotopic (exact) mass is 421 g/mol. The maximum absolute atomic E-state index is 12.3. The predicted octanol–water partition coefficient (Wildman–Crippen LogP) is 2.56. The zero-order valence-electron chi connectivity index (χ0n) is 15.9. The number of hydrogen-bond acceptors (Lipinski definition) is 6. The second-order valence-corrected chi connectivity index (χ2v) is 8.36. The van der Waals surface area contributed by atoms with Crippen LogP contribution in [0.5, 0.6) is 5.19 Å². The lowest BCUT2D eigenvalue weighted by Crippen LogP contribution is -2.42. The third-order valence-electron chi connectivity index (χ3n) is 4.98. The highest BCUT2D eigenvalue weighted by Crippen LogP contribution is 2.29. The zero-order chi connectivity index (χ0) is 20.1. The molecule has 1 fully saturated rings. The summed E-state index contributed by atoms with van der Waals surface area (Å²) in [7, 11) is 0. The Kier molecular flexibility index (Phi) is 7.16. The van der Waals surface area contributed by atoms with E-state index in [4.69, 9.17) is 9.47 Å². The minimum absolute atomic E-state index is 0.0235. The molecular weight excluding hydrogens is 395 g/mol. The average Bonchev–Trinajstić information content (AvgIpc) is 2.92. The van der Waals surface area contributed by atoms with Crippen LogP contribution in [-0.4, -0.2) is 67.0 Å². The molecule has 2 aliphatic rings. The number of hydrogen-bond donors (Lipinski definition) is 1. The van der Waals surface area contributed by atoms with Gasteiger partial charge in [0.15, 0.2) is 6.61 Å². The van der Waals surface area contributed by atoms with Gasteiger partial charge in [-0.05, 0) is 25.7 Å². The minimum atomic E-state index is -4.34. The van der Waals surface area contributed by atoms with Crippen LogP contribution in [0.4, 0.5) is 13.2 Å². The van der Waals surface area contributed by atoms with E-state index in [9.17, 15) is 18.0 Å². The Bertz CT molecular complexity index is 635. The fraction of sp³-hybridized carbons (Fsp3) is 0.778.